The molecule has 0 saturated heterocycles. The van der Waals surface area contributed by atoms with Crippen LogP contribution in [0.25, 0.3) is 22.5 Å². The fourth-order valence-electron chi connectivity index (χ4n) is 3.29. The molecule has 3 rings (SSSR count). The number of hydrogen-bond donors (Lipinski definition) is 2. The van der Waals surface area contributed by atoms with Crippen LogP contribution in [0.15, 0.2) is 54.6 Å². The highest BCUT2D eigenvalue weighted by Crippen LogP contribution is 2.36. The van der Waals surface area contributed by atoms with Gasteiger partial charge in [-0.3, -0.25) is 4.79 Å². The largest absolute Gasteiger partial charge is 0.416 e. The minimum Gasteiger partial charge on any atom is -0.366 e. The number of aromatic amines is 1. The first kappa shape index (κ1) is 20.7. The topological polar surface area (TPSA) is 62.1 Å². The Labute approximate surface area is 167 Å². The van der Waals surface area contributed by atoms with Crippen molar-refractivity contribution in [1.82, 2.24) is 9.88 Å². The lowest BCUT2D eigenvalue weighted by Gasteiger charge is -2.12. The van der Waals surface area contributed by atoms with Gasteiger partial charge in [0.05, 0.1) is 16.8 Å². The number of nitrogens with zero attached hydrogens (tertiary/aromatic N) is 1. The summed E-state index contributed by atoms with van der Waals surface area (Å²) in [6.45, 7) is 0.653. The predicted octanol–water partition coefficient (Wildman–Crippen LogP) is 4.57. The van der Waals surface area contributed by atoms with Crippen LogP contribution < -0.4 is 5.73 Å². The molecule has 1 amide bonds. The van der Waals surface area contributed by atoms with Crippen LogP contribution in [-0.4, -0.2) is 36.4 Å². The zero-order valence-corrected chi connectivity index (χ0v) is 16.2. The van der Waals surface area contributed by atoms with Gasteiger partial charge in [-0.25, -0.2) is 0 Å². The third kappa shape index (κ3) is 4.51. The quantitative estimate of drug-likeness (QED) is 0.636. The molecular formula is C22H22F3N3O. The molecule has 0 unspecified atom stereocenters. The summed E-state index contributed by atoms with van der Waals surface area (Å²) in [6, 6.07) is 14.2. The molecule has 0 bridgehead atoms. The van der Waals surface area contributed by atoms with E-state index < -0.39 is 17.6 Å². The SMILES string of the molecule is CN(C)CCc1c(-c2ccc(C(F)(F)F)cc2)[nH]c(-c2ccccc2)c1C(N)=O. The predicted molar refractivity (Wildman–Crippen MR) is 107 cm³/mol. The summed E-state index contributed by atoms with van der Waals surface area (Å²) in [4.78, 5) is 17.5. The zero-order valence-electron chi connectivity index (χ0n) is 16.2. The molecule has 0 aliphatic rings. The van der Waals surface area contributed by atoms with E-state index in [4.69, 9.17) is 5.73 Å². The molecule has 3 aromatic rings. The molecule has 0 atom stereocenters. The minimum absolute atomic E-state index is 0.368. The Morgan fingerprint density at radius 3 is 2.07 bits per heavy atom. The Morgan fingerprint density at radius 2 is 1.55 bits per heavy atom. The molecule has 0 saturated carbocycles. The number of likely N-dealkylation sites (N-methyl/N-ethyl adjacent to an activating group) is 1. The summed E-state index contributed by atoms with van der Waals surface area (Å²) in [5.41, 5.74) is 8.58. The second-order valence-corrected chi connectivity index (χ2v) is 7.09. The Hall–Kier alpha value is -3.06. The van der Waals surface area contributed by atoms with Crippen molar-refractivity contribution in [1.29, 1.82) is 0 Å². The maximum atomic E-state index is 12.9. The Kier molecular flexibility index (Phi) is 5.79. The lowest BCUT2D eigenvalue weighted by molar-refractivity contribution is -0.137. The minimum atomic E-state index is -4.41. The van der Waals surface area contributed by atoms with Gasteiger partial charge in [-0.05, 0) is 49.3 Å². The summed E-state index contributed by atoms with van der Waals surface area (Å²) >= 11 is 0. The van der Waals surface area contributed by atoms with Crippen molar-refractivity contribution in [3.05, 3.63) is 71.3 Å². The fraction of sp³-hybridized carbons (Fsp3) is 0.227. The number of primary amides is 1. The first-order valence-electron chi connectivity index (χ1n) is 9.11. The molecule has 0 radical (unpaired) electrons. The normalized spacial score (nSPS) is 11.8. The molecular weight excluding hydrogens is 379 g/mol. The second kappa shape index (κ2) is 8.13. The molecule has 0 aliphatic carbocycles. The van der Waals surface area contributed by atoms with E-state index in [-0.39, 0.29) is 0 Å². The van der Waals surface area contributed by atoms with E-state index in [1.807, 2.05) is 49.3 Å². The van der Waals surface area contributed by atoms with E-state index >= 15 is 0 Å². The molecule has 0 aliphatic heterocycles. The van der Waals surface area contributed by atoms with Crippen LogP contribution in [0.1, 0.15) is 21.5 Å². The van der Waals surface area contributed by atoms with E-state index in [0.29, 0.717) is 41.0 Å². The number of nitrogens with one attached hydrogen (secondary N) is 1. The number of benzene rings is 2. The monoisotopic (exact) mass is 401 g/mol. The lowest BCUT2D eigenvalue weighted by Crippen LogP contribution is -2.18. The van der Waals surface area contributed by atoms with Crippen LogP contribution in [0.5, 0.6) is 0 Å². The Morgan fingerprint density at radius 1 is 0.966 bits per heavy atom. The van der Waals surface area contributed by atoms with Gasteiger partial charge in [-0.15, -0.1) is 0 Å². The fourth-order valence-corrected chi connectivity index (χ4v) is 3.29. The van der Waals surface area contributed by atoms with Crippen LogP contribution in [0, 0.1) is 0 Å². The number of amides is 1. The highest BCUT2D eigenvalue weighted by molar-refractivity contribution is 6.03. The third-order valence-corrected chi connectivity index (χ3v) is 4.72. The van der Waals surface area contributed by atoms with E-state index in [9.17, 15) is 18.0 Å². The average Bonchev–Trinajstić information content (AvgIpc) is 3.06. The number of carbonyl (C=O) groups excluding carboxylic acids is 1. The molecule has 29 heavy (non-hydrogen) atoms. The molecule has 4 nitrogen and oxygen atoms in total. The van der Waals surface area contributed by atoms with Crippen molar-refractivity contribution in [2.75, 3.05) is 20.6 Å². The lowest BCUT2D eigenvalue weighted by atomic mass is 9.98. The van der Waals surface area contributed by atoms with Gasteiger partial charge in [0.15, 0.2) is 0 Å². The highest BCUT2D eigenvalue weighted by atomic mass is 19.4. The van der Waals surface area contributed by atoms with Crippen molar-refractivity contribution < 1.29 is 18.0 Å². The van der Waals surface area contributed by atoms with Gasteiger partial charge in [0.2, 0.25) is 0 Å². The third-order valence-electron chi connectivity index (χ3n) is 4.72. The maximum absolute atomic E-state index is 12.9. The molecule has 152 valence electrons. The summed E-state index contributed by atoms with van der Waals surface area (Å²) in [6.07, 6.45) is -3.89. The smallest absolute Gasteiger partial charge is 0.366 e. The zero-order chi connectivity index (χ0) is 21.2. The van der Waals surface area contributed by atoms with E-state index in [1.165, 1.54) is 12.1 Å². The van der Waals surface area contributed by atoms with Gasteiger partial charge in [0.1, 0.15) is 0 Å². The van der Waals surface area contributed by atoms with Crippen LogP contribution in [0.3, 0.4) is 0 Å². The molecule has 0 spiro atoms. The van der Waals surface area contributed by atoms with Crippen molar-refractivity contribution in [3.8, 4) is 22.5 Å². The summed E-state index contributed by atoms with van der Waals surface area (Å²) < 4.78 is 38.8. The number of hydrogen-bond acceptors (Lipinski definition) is 2. The number of halogens is 3. The molecule has 3 N–H and O–H groups in total. The summed E-state index contributed by atoms with van der Waals surface area (Å²) in [5.74, 6) is -0.577. The molecule has 7 heteroatoms. The summed E-state index contributed by atoms with van der Waals surface area (Å²) in [5, 5.41) is 0. The number of carbonyl (C=O) groups is 1. The van der Waals surface area contributed by atoms with Crippen LogP contribution in [0.2, 0.25) is 0 Å². The number of H-pyrrole nitrogens is 1. The van der Waals surface area contributed by atoms with E-state index in [2.05, 4.69) is 4.98 Å². The van der Waals surface area contributed by atoms with Gasteiger partial charge >= 0.3 is 6.18 Å². The van der Waals surface area contributed by atoms with E-state index in [1.54, 1.807) is 0 Å². The Balaban J connectivity index is 2.18. The number of rotatable bonds is 6. The summed E-state index contributed by atoms with van der Waals surface area (Å²) in [7, 11) is 3.82. The van der Waals surface area contributed by atoms with Crippen molar-refractivity contribution >= 4 is 5.91 Å². The van der Waals surface area contributed by atoms with Gasteiger partial charge in [-0.1, -0.05) is 42.5 Å². The van der Waals surface area contributed by atoms with Crippen LogP contribution in [0.4, 0.5) is 13.2 Å². The van der Waals surface area contributed by atoms with Crippen molar-refractivity contribution in [2.24, 2.45) is 5.73 Å². The number of aromatic nitrogens is 1. The number of nitrogens with two attached hydrogens (primary N) is 1. The highest BCUT2D eigenvalue weighted by Gasteiger charge is 2.30. The van der Waals surface area contributed by atoms with Gasteiger partial charge in [0, 0.05) is 12.2 Å². The van der Waals surface area contributed by atoms with Crippen LogP contribution in [-0.2, 0) is 12.6 Å². The molecule has 1 heterocycles. The standard InChI is InChI=1S/C22H22F3N3O/c1-28(2)13-12-17-18(21(26)29)20(14-6-4-3-5-7-14)27-19(17)15-8-10-16(11-9-15)22(23,24)25/h3-11,27H,12-13H2,1-2H3,(H2,26,29). The first-order chi connectivity index (χ1) is 13.7. The second-order valence-electron chi connectivity index (χ2n) is 7.09. The molecule has 0 fully saturated rings. The van der Waals surface area contributed by atoms with Gasteiger partial charge in [0.25, 0.3) is 5.91 Å². The van der Waals surface area contributed by atoms with Crippen LogP contribution >= 0.6 is 0 Å². The van der Waals surface area contributed by atoms with Crippen molar-refractivity contribution in [3.63, 3.8) is 0 Å². The van der Waals surface area contributed by atoms with Gasteiger partial charge < -0.3 is 15.6 Å². The van der Waals surface area contributed by atoms with E-state index in [0.717, 1.165) is 17.7 Å². The number of alkyl halides is 3. The average molecular weight is 401 g/mol. The van der Waals surface area contributed by atoms with Gasteiger partial charge in [-0.2, -0.15) is 13.2 Å². The molecule has 2 aromatic carbocycles. The van der Waals surface area contributed by atoms with Crippen molar-refractivity contribution in [2.45, 2.75) is 12.6 Å². The maximum Gasteiger partial charge on any atom is 0.416 e. The Bertz CT molecular complexity index is 991. The molecule has 1 aromatic heterocycles. The first-order valence-corrected chi connectivity index (χ1v) is 9.11.